The summed E-state index contributed by atoms with van der Waals surface area (Å²) < 4.78 is 0. The van der Waals surface area contributed by atoms with Crippen LogP contribution < -0.4 is 5.32 Å². The molecule has 98 valence electrons. The number of halogens is 3. The number of para-hydroxylation sites is 1. The molecule has 1 aromatic heterocycles. The van der Waals surface area contributed by atoms with Crippen molar-refractivity contribution >= 4 is 46.4 Å². The van der Waals surface area contributed by atoms with Crippen LogP contribution in [0.15, 0.2) is 30.5 Å². The van der Waals surface area contributed by atoms with Crippen molar-refractivity contribution in [1.82, 2.24) is 4.98 Å². The molecule has 0 spiro atoms. The number of anilines is 1. The van der Waals surface area contributed by atoms with Gasteiger partial charge in [-0.15, -0.1) is 0 Å². The third-order valence-electron chi connectivity index (χ3n) is 2.44. The molecule has 0 saturated carbocycles. The van der Waals surface area contributed by atoms with Crippen LogP contribution in [0.1, 0.15) is 16.1 Å². The zero-order valence-corrected chi connectivity index (χ0v) is 12.1. The van der Waals surface area contributed by atoms with Gasteiger partial charge >= 0.3 is 0 Å². The van der Waals surface area contributed by atoms with E-state index in [0.717, 1.165) is 5.69 Å². The number of nitrogens with one attached hydrogen (secondary N) is 1. The van der Waals surface area contributed by atoms with E-state index in [1.54, 1.807) is 31.2 Å². The minimum Gasteiger partial charge on any atom is -0.319 e. The average molecular weight is 316 g/mol. The highest BCUT2D eigenvalue weighted by Crippen LogP contribution is 2.30. The standard InChI is InChI=1S/C13H9Cl3N2O/c1-7-5-11(16)8(6-17-7)13(19)18-12-9(14)3-2-4-10(12)15/h2-6H,1H3,(H,18,19). The first-order chi connectivity index (χ1) is 8.99. The number of hydrogen-bond acceptors (Lipinski definition) is 2. The van der Waals surface area contributed by atoms with E-state index >= 15 is 0 Å². The highest BCUT2D eigenvalue weighted by Gasteiger charge is 2.14. The molecule has 0 bridgehead atoms. The summed E-state index contributed by atoms with van der Waals surface area (Å²) in [5.41, 5.74) is 1.35. The van der Waals surface area contributed by atoms with Gasteiger partial charge in [-0.2, -0.15) is 0 Å². The van der Waals surface area contributed by atoms with E-state index in [4.69, 9.17) is 34.8 Å². The van der Waals surface area contributed by atoms with Gasteiger partial charge in [0.05, 0.1) is 26.3 Å². The van der Waals surface area contributed by atoms with Gasteiger partial charge in [-0.25, -0.2) is 0 Å². The SMILES string of the molecule is Cc1cc(Cl)c(C(=O)Nc2c(Cl)cccc2Cl)cn1. The summed E-state index contributed by atoms with van der Waals surface area (Å²) in [5, 5.41) is 3.67. The molecule has 0 aliphatic heterocycles. The molecule has 19 heavy (non-hydrogen) atoms. The molecule has 0 unspecified atom stereocenters. The van der Waals surface area contributed by atoms with Gasteiger partial charge in [0.2, 0.25) is 0 Å². The number of aromatic nitrogens is 1. The molecule has 0 aliphatic rings. The zero-order valence-electron chi connectivity index (χ0n) is 9.88. The Morgan fingerprint density at radius 3 is 2.37 bits per heavy atom. The maximum absolute atomic E-state index is 12.1. The molecule has 2 rings (SSSR count). The number of pyridine rings is 1. The van der Waals surface area contributed by atoms with Crippen LogP contribution in [0, 0.1) is 6.92 Å². The van der Waals surface area contributed by atoms with Crippen LogP contribution >= 0.6 is 34.8 Å². The van der Waals surface area contributed by atoms with E-state index < -0.39 is 5.91 Å². The normalized spacial score (nSPS) is 10.3. The van der Waals surface area contributed by atoms with E-state index in [0.29, 0.717) is 20.8 Å². The van der Waals surface area contributed by atoms with Gasteiger partial charge in [-0.1, -0.05) is 40.9 Å². The van der Waals surface area contributed by atoms with Gasteiger partial charge in [0.1, 0.15) is 0 Å². The summed E-state index contributed by atoms with van der Waals surface area (Å²) in [5.74, 6) is -0.410. The van der Waals surface area contributed by atoms with Gasteiger partial charge in [-0.3, -0.25) is 9.78 Å². The predicted octanol–water partition coefficient (Wildman–Crippen LogP) is 4.60. The number of rotatable bonds is 2. The van der Waals surface area contributed by atoms with Crippen LogP contribution in [0.5, 0.6) is 0 Å². The van der Waals surface area contributed by atoms with Crippen LogP contribution in [0.25, 0.3) is 0 Å². The molecule has 0 fully saturated rings. The summed E-state index contributed by atoms with van der Waals surface area (Å²) in [7, 11) is 0. The Bertz CT molecular complexity index is 624. The Balaban J connectivity index is 2.31. The van der Waals surface area contributed by atoms with Crippen molar-refractivity contribution in [2.24, 2.45) is 0 Å². The lowest BCUT2D eigenvalue weighted by Crippen LogP contribution is -2.13. The largest absolute Gasteiger partial charge is 0.319 e. The van der Waals surface area contributed by atoms with E-state index in [-0.39, 0.29) is 5.56 Å². The molecule has 0 aliphatic carbocycles. The Morgan fingerprint density at radius 1 is 1.16 bits per heavy atom. The van der Waals surface area contributed by atoms with Gasteiger partial charge in [0.15, 0.2) is 0 Å². The van der Waals surface area contributed by atoms with Gasteiger partial charge in [0.25, 0.3) is 5.91 Å². The molecule has 1 heterocycles. The lowest BCUT2D eigenvalue weighted by molar-refractivity contribution is 0.102. The second kappa shape index (κ2) is 5.78. The molecule has 2 aromatic rings. The third kappa shape index (κ3) is 3.18. The fourth-order valence-corrected chi connectivity index (χ4v) is 2.28. The fourth-order valence-electron chi connectivity index (χ4n) is 1.49. The van der Waals surface area contributed by atoms with Crippen LogP contribution in [-0.4, -0.2) is 10.9 Å². The number of hydrogen-bond donors (Lipinski definition) is 1. The van der Waals surface area contributed by atoms with Crippen LogP contribution in [-0.2, 0) is 0 Å². The smallest absolute Gasteiger partial charge is 0.258 e. The van der Waals surface area contributed by atoms with Crippen LogP contribution in [0.4, 0.5) is 5.69 Å². The first-order valence-corrected chi connectivity index (χ1v) is 6.50. The number of nitrogens with zero attached hydrogens (tertiary/aromatic N) is 1. The maximum Gasteiger partial charge on any atom is 0.258 e. The predicted molar refractivity (Wildman–Crippen MR) is 78.4 cm³/mol. The maximum atomic E-state index is 12.1. The van der Waals surface area contributed by atoms with Crippen molar-refractivity contribution in [3.05, 3.63) is 56.8 Å². The second-order valence-corrected chi connectivity index (χ2v) is 5.08. The summed E-state index contributed by atoms with van der Waals surface area (Å²) in [6, 6.07) is 6.58. The van der Waals surface area contributed by atoms with Gasteiger partial charge in [-0.05, 0) is 25.1 Å². The summed E-state index contributed by atoms with van der Waals surface area (Å²) in [6.45, 7) is 1.79. The van der Waals surface area contributed by atoms with Gasteiger partial charge < -0.3 is 5.32 Å². The van der Waals surface area contributed by atoms with E-state index in [9.17, 15) is 4.79 Å². The first kappa shape index (κ1) is 14.1. The fraction of sp³-hybridized carbons (Fsp3) is 0.0769. The molecule has 6 heteroatoms. The zero-order chi connectivity index (χ0) is 14.0. The second-order valence-electron chi connectivity index (χ2n) is 3.86. The Labute approximate surface area is 125 Å². The van der Waals surface area contributed by atoms with Crippen molar-refractivity contribution in [1.29, 1.82) is 0 Å². The lowest BCUT2D eigenvalue weighted by Gasteiger charge is -2.10. The highest BCUT2D eigenvalue weighted by atomic mass is 35.5. The minimum absolute atomic E-state index is 0.267. The van der Waals surface area contributed by atoms with Crippen molar-refractivity contribution < 1.29 is 4.79 Å². The van der Waals surface area contributed by atoms with Crippen molar-refractivity contribution in [2.45, 2.75) is 6.92 Å². The van der Waals surface area contributed by atoms with E-state index in [2.05, 4.69) is 10.3 Å². The monoisotopic (exact) mass is 314 g/mol. The number of aryl methyl sites for hydroxylation is 1. The molecule has 1 aromatic carbocycles. The molecule has 0 atom stereocenters. The van der Waals surface area contributed by atoms with Gasteiger partial charge in [0, 0.05) is 11.9 Å². The molecule has 0 radical (unpaired) electrons. The summed E-state index contributed by atoms with van der Waals surface area (Å²) >= 11 is 18.0. The van der Waals surface area contributed by atoms with Crippen LogP contribution in [0.3, 0.4) is 0 Å². The van der Waals surface area contributed by atoms with Crippen molar-refractivity contribution in [2.75, 3.05) is 5.32 Å². The third-order valence-corrected chi connectivity index (χ3v) is 3.38. The molecule has 1 amide bonds. The topological polar surface area (TPSA) is 42.0 Å². The van der Waals surface area contributed by atoms with E-state index in [1.165, 1.54) is 6.20 Å². The van der Waals surface area contributed by atoms with E-state index in [1.807, 2.05) is 0 Å². The minimum atomic E-state index is -0.410. The quantitative estimate of drug-likeness (QED) is 0.880. The molecule has 3 nitrogen and oxygen atoms in total. The Hall–Kier alpha value is -1.29. The molecular weight excluding hydrogens is 307 g/mol. The Morgan fingerprint density at radius 2 is 1.79 bits per heavy atom. The van der Waals surface area contributed by atoms with Crippen LogP contribution in [0.2, 0.25) is 15.1 Å². The number of carbonyl (C=O) groups excluding carboxylic acids is 1. The number of amides is 1. The number of carbonyl (C=O) groups is 1. The average Bonchev–Trinajstić information content (AvgIpc) is 2.33. The molecular formula is C13H9Cl3N2O. The van der Waals surface area contributed by atoms with Crippen molar-refractivity contribution in [3.63, 3.8) is 0 Å². The highest BCUT2D eigenvalue weighted by molar-refractivity contribution is 6.40. The number of benzene rings is 1. The van der Waals surface area contributed by atoms with Crippen molar-refractivity contribution in [3.8, 4) is 0 Å². The molecule has 0 saturated heterocycles. The Kier molecular flexibility index (Phi) is 4.30. The lowest BCUT2D eigenvalue weighted by atomic mass is 10.2. The first-order valence-electron chi connectivity index (χ1n) is 5.36. The molecule has 1 N–H and O–H groups in total. The summed E-state index contributed by atoms with van der Waals surface area (Å²) in [6.07, 6.45) is 1.41. The summed E-state index contributed by atoms with van der Waals surface area (Å²) in [4.78, 5) is 16.1.